The number of ether oxygens (including phenoxy) is 2. The second-order valence-electron chi connectivity index (χ2n) is 9.03. The molecule has 172 valence electrons. The second kappa shape index (κ2) is 9.46. The van der Waals surface area contributed by atoms with Crippen molar-refractivity contribution in [3.05, 3.63) is 59.2 Å². The summed E-state index contributed by atoms with van der Waals surface area (Å²) in [5.74, 6) is 7.75. The minimum atomic E-state index is -0.0498. The Morgan fingerprint density at radius 1 is 1.12 bits per heavy atom. The molecule has 3 aliphatic heterocycles. The van der Waals surface area contributed by atoms with Gasteiger partial charge in [0, 0.05) is 48.4 Å². The monoisotopic (exact) mass is 446 g/mol. The van der Waals surface area contributed by atoms with E-state index in [9.17, 15) is 9.90 Å². The first-order chi connectivity index (χ1) is 16.2. The minimum absolute atomic E-state index is 0.0291. The van der Waals surface area contributed by atoms with Crippen molar-refractivity contribution in [3.8, 4) is 17.6 Å². The third-order valence-corrected chi connectivity index (χ3v) is 7.16. The normalized spacial score (nSPS) is 24.2. The third-order valence-electron chi connectivity index (χ3n) is 7.16. The molecule has 2 fully saturated rings. The Balaban J connectivity index is 1.45. The fraction of sp³-hybridized carbons (Fsp3) is 0.444. The molecule has 2 aromatic carbocycles. The smallest absolute Gasteiger partial charge is 0.226 e. The molecule has 2 N–H and O–H groups in total. The Hall–Kier alpha value is -3.01. The predicted octanol–water partition coefficient (Wildman–Crippen LogP) is 3.20. The number of nitrogens with one attached hydrogen (secondary N) is 1. The van der Waals surface area contributed by atoms with Crippen molar-refractivity contribution in [1.82, 2.24) is 4.90 Å². The number of carbonyl (C=O) groups is 1. The van der Waals surface area contributed by atoms with Gasteiger partial charge in [0.05, 0.1) is 25.8 Å². The van der Waals surface area contributed by atoms with Crippen LogP contribution >= 0.6 is 0 Å². The molecule has 5 rings (SSSR count). The largest absolute Gasteiger partial charge is 0.497 e. The third kappa shape index (κ3) is 4.31. The van der Waals surface area contributed by atoms with Gasteiger partial charge >= 0.3 is 0 Å². The van der Waals surface area contributed by atoms with Crippen LogP contribution in [0.2, 0.25) is 0 Å². The van der Waals surface area contributed by atoms with Crippen LogP contribution in [0.15, 0.2) is 42.5 Å². The molecular weight excluding hydrogens is 416 g/mol. The Labute approximate surface area is 194 Å². The first-order valence-corrected chi connectivity index (χ1v) is 11.7. The maximum absolute atomic E-state index is 13.5. The van der Waals surface area contributed by atoms with Crippen LogP contribution in [0.4, 0.5) is 5.69 Å². The molecule has 0 saturated carbocycles. The molecule has 6 heteroatoms. The molecule has 0 aromatic heterocycles. The standard InChI is InChI=1S/C27H30N2O4/c1-32-21-7-4-18(5-8-21)2-3-19-6-9-24-23(16-19)26-22(25(17-30)28-24)10-13-29(26)27(31)20-11-14-33-15-12-20/h4-9,16,20,22,25-26,28,30H,10-15,17H2,1H3/t22-,25+,26+/m1/s1. The molecule has 2 saturated heterocycles. The van der Waals surface area contributed by atoms with Crippen molar-refractivity contribution in [2.75, 3.05) is 38.8 Å². The highest BCUT2D eigenvalue weighted by Crippen LogP contribution is 2.47. The van der Waals surface area contributed by atoms with Gasteiger partial charge in [-0.2, -0.15) is 0 Å². The van der Waals surface area contributed by atoms with Crippen molar-refractivity contribution in [3.63, 3.8) is 0 Å². The van der Waals surface area contributed by atoms with Gasteiger partial charge in [-0.05, 0) is 67.3 Å². The molecule has 0 unspecified atom stereocenters. The van der Waals surface area contributed by atoms with Gasteiger partial charge in [-0.1, -0.05) is 11.8 Å². The van der Waals surface area contributed by atoms with Crippen molar-refractivity contribution < 1.29 is 19.4 Å². The summed E-state index contributed by atoms with van der Waals surface area (Å²) in [5.41, 5.74) is 3.92. The van der Waals surface area contributed by atoms with E-state index in [1.54, 1.807) is 7.11 Å². The Morgan fingerprint density at radius 3 is 2.58 bits per heavy atom. The lowest BCUT2D eigenvalue weighted by atomic mass is 9.82. The first kappa shape index (κ1) is 21.8. The number of aliphatic hydroxyl groups is 1. The molecule has 6 nitrogen and oxygen atoms in total. The summed E-state index contributed by atoms with van der Waals surface area (Å²) < 4.78 is 10.7. The number of nitrogens with zero attached hydrogens (tertiary/aromatic N) is 1. The van der Waals surface area contributed by atoms with E-state index in [1.807, 2.05) is 36.4 Å². The Bertz CT molecular complexity index is 1070. The minimum Gasteiger partial charge on any atom is -0.497 e. The van der Waals surface area contributed by atoms with E-state index in [4.69, 9.17) is 9.47 Å². The molecule has 2 aromatic rings. The molecule has 0 radical (unpaired) electrons. The molecule has 1 amide bonds. The van der Waals surface area contributed by atoms with Gasteiger partial charge in [0.1, 0.15) is 5.75 Å². The van der Waals surface area contributed by atoms with Crippen LogP contribution in [0.25, 0.3) is 0 Å². The molecular formula is C27H30N2O4. The summed E-state index contributed by atoms with van der Waals surface area (Å²) in [5, 5.41) is 13.5. The highest BCUT2D eigenvalue weighted by atomic mass is 16.5. The van der Waals surface area contributed by atoms with Crippen LogP contribution in [-0.2, 0) is 9.53 Å². The van der Waals surface area contributed by atoms with Crippen molar-refractivity contribution in [1.29, 1.82) is 0 Å². The number of hydrogen-bond donors (Lipinski definition) is 2. The van der Waals surface area contributed by atoms with Crippen LogP contribution in [0.3, 0.4) is 0 Å². The number of methoxy groups -OCH3 is 1. The molecule has 0 spiro atoms. The fourth-order valence-electron chi connectivity index (χ4n) is 5.39. The number of likely N-dealkylation sites (tertiary alicyclic amines) is 1. The zero-order valence-corrected chi connectivity index (χ0v) is 18.9. The molecule has 0 bridgehead atoms. The second-order valence-corrected chi connectivity index (χ2v) is 9.03. The van der Waals surface area contributed by atoms with E-state index in [0.29, 0.717) is 13.2 Å². The lowest BCUT2D eigenvalue weighted by Crippen LogP contribution is -2.44. The number of fused-ring (bicyclic) bond motifs is 3. The number of rotatable bonds is 3. The number of amides is 1. The van der Waals surface area contributed by atoms with E-state index in [0.717, 1.165) is 53.9 Å². The summed E-state index contributed by atoms with van der Waals surface area (Å²) in [6.45, 7) is 2.09. The highest BCUT2D eigenvalue weighted by Gasteiger charge is 2.46. The van der Waals surface area contributed by atoms with E-state index in [1.165, 1.54) is 0 Å². The van der Waals surface area contributed by atoms with E-state index in [-0.39, 0.29) is 36.4 Å². The molecule has 3 atom stereocenters. The SMILES string of the molecule is COc1ccc(C#Cc2ccc3c(c2)[C@@H]2[C@H](CCN2C(=O)C2CCOCC2)[C@H](CO)N3)cc1. The van der Waals surface area contributed by atoms with Gasteiger partial charge in [-0.15, -0.1) is 0 Å². The quantitative estimate of drug-likeness (QED) is 0.709. The van der Waals surface area contributed by atoms with E-state index >= 15 is 0 Å². The van der Waals surface area contributed by atoms with Gasteiger partial charge < -0.3 is 24.8 Å². The zero-order chi connectivity index (χ0) is 22.8. The molecule has 3 aliphatic rings. The Kier molecular flexibility index (Phi) is 6.26. The van der Waals surface area contributed by atoms with Gasteiger partial charge in [-0.3, -0.25) is 4.79 Å². The van der Waals surface area contributed by atoms with Crippen LogP contribution in [-0.4, -0.2) is 55.4 Å². The summed E-state index contributed by atoms with van der Waals surface area (Å²) in [7, 11) is 1.65. The van der Waals surface area contributed by atoms with Gasteiger partial charge in [0.25, 0.3) is 0 Å². The number of aliphatic hydroxyl groups excluding tert-OH is 1. The lowest BCUT2D eigenvalue weighted by molar-refractivity contribution is -0.140. The van der Waals surface area contributed by atoms with Gasteiger partial charge in [0.15, 0.2) is 0 Å². The fourth-order valence-corrected chi connectivity index (χ4v) is 5.39. The number of carbonyl (C=O) groups excluding carboxylic acids is 1. The zero-order valence-electron chi connectivity index (χ0n) is 18.9. The number of anilines is 1. The summed E-state index contributed by atoms with van der Waals surface area (Å²) in [6, 6.07) is 13.7. The summed E-state index contributed by atoms with van der Waals surface area (Å²) >= 11 is 0. The topological polar surface area (TPSA) is 71.0 Å². The lowest BCUT2D eigenvalue weighted by Gasteiger charge is -2.40. The molecule has 3 heterocycles. The predicted molar refractivity (Wildman–Crippen MR) is 126 cm³/mol. The first-order valence-electron chi connectivity index (χ1n) is 11.7. The van der Waals surface area contributed by atoms with Crippen LogP contribution in [0.1, 0.15) is 42.0 Å². The van der Waals surface area contributed by atoms with E-state index in [2.05, 4.69) is 28.1 Å². The van der Waals surface area contributed by atoms with Crippen molar-refractivity contribution in [2.24, 2.45) is 11.8 Å². The Morgan fingerprint density at radius 2 is 1.85 bits per heavy atom. The van der Waals surface area contributed by atoms with Crippen LogP contribution in [0.5, 0.6) is 5.75 Å². The number of benzene rings is 2. The van der Waals surface area contributed by atoms with Gasteiger partial charge in [0.2, 0.25) is 5.91 Å². The van der Waals surface area contributed by atoms with Crippen LogP contribution < -0.4 is 10.1 Å². The average Bonchev–Trinajstić information content (AvgIpc) is 3.33. The van der Waals surface area contributed by atoms with Crippen molar-refractivity contribution in [2.45, 2.75) is 31.3 Å². The number of hydrogen-bond acceptors (Lipinski definition) is 5. The van der Waals surface area contributed by atoms with E-state index < -0.39 is 0 Å². The molecule has 33 heavy (non-hydrogen) atoms. The molecule has 0 aliphatic carbocycles. The highest BCUT2D eigenvalue weighted by molar-refractivity contribution is 5.80. The average molecular weight is 447 g/mol. The maximum Gasteiger partial charge on any atom is 0.226 e. The van der Waals surface area contributed by atoms with Crippen molar-refractivity contribution >= 4 is 11.6 Å². The summed E-state index contributed by atoms with van der Waals surface area (Å²) in [4.78, 5) is 15.5. The van der Waals surface area contributed by atoms with Gasteiger partial charge in [-0.25, -0.2) is 0 Å². The maximum atomic E-state index is 13.5. The van der Waals surface area contributed by atoms with Crippen LogP contribution in [0, 0.1) is 23.7 Å². The summed E-state index contributed by atoms with van der Waals surface area (Å²) in [6.07, 6.45) is 2.46.